The molecule has 1 heterocycles. The zero-order chi connectivity index (χ0) is 15.4. The van der Waals surface area contributed by atoms with Crippen LogP contribution in [0.25, 0.3) is 0 Å². The topological polar surface area (TPSA) is 32.5 Å². The first-order valence-electron chi connectivity index (χ1n) is 8.04. The van der Waals surface area contributed by atoms with Crippen LogP contribution in [0.3, 0.4) is 0 Å². The molecule has 118 valence electrons. The van der Waals surface area contributed by atoms with Gasteiger partial charge in [-0.05, 0) is 44.4 Å². The summed E-state index contributed by atoms with van der Waals surface area (Å²) in [6, 6.07) is 6.26. The maximum atomic E-state index is 14.3. The maximum Gasteiger partial charge on any atom is 0.146 e. The molecule has 2 N–H and O–H groups in total. The highest BCUT2D eigenvalue weighted by Gasteiger charge is 2.21. The Morgan fingerprint density at radius 2 is 1.86 bits per heavy atom. The van der Waals surface area contributed by atoms with Crippen LogP contribution in [0.5, 0.6) is 0 Å². The van der Waals surface area contributed by atoms with Gasteiger partial charge in [-0.25, -0.2) is 4.39 Å². The summed E-state index contributed by atoms with van der Waals surface area (Å²) in [6.07, 6.45) is 1.66. The van der Waals surface area contributed by atoms with Crippen LogP contribution in [-0.4, -0.2) is 43.2 Å². The van der Waals surface area contributed by atoms with Crippen LogP contribution in [0.2, 0.25) is 0 Å². The molecule has 0 spiro atoms. The summed E-state index contributed by atoms with van der Waals surface area (Å²) in [7, 11) is 0. The summed E-state index contributed by atoms with van der Waals surface area (Å²) in [6.45, 7) is 10.3. The normalized spacial score (nSPS) is 18.3. The SMILES string of the molecule is CCC(N)Cc1ccc(N2CCN(C(C)C)CC2)c(F)c1. The lowest BCUT2D eigenvalue weighted by Gasteiger charge is -2.38. The maximum absolute atomic E-state index is 14.3. The van der Waals surface area contributed by atoms with Crippen LogP contribution < -0.4 is 10.6 Å². The van der Waals surface area contributed by atoms with Gasteiger partial charge >= 0.3 is 0 Å². The molecule has 0 radical (unpaired) electrons. The van der Waals surface area contributed by atoms with Gasteiger partial charge in [-0.3, -0.25) is 4.90 Å². The van der Waals surface area contributed by atoms with E-state index >= 15 is 0 Å². The van der Waals surface area contributed by atoms with Crippen LogP contribution in [0.15, 0.2) is 18.2 Å². The summed E-state index contributed by atoms with van der Waals surface area (Å²) in [4.78, 5) is 4.58. The first-order chi connectivity index (χ1) is 10.0. The summed E-state index contributed by atoms with van der Waals surface area (Å²) in [5, 5.41) is 0. The van der Waals surface area contributed by atoms with E-state index in [4.69, 9.17) is 5.73 Å². The lowest BCUT2D eigenvalue weighted by atomic mass is 10.0. The highest BCUT2D eigenvalue weighted by Crippen LogP contribution is 2.23. The molecule has 4 heteroatoms. The van der Waals surface area contributed by atoms with Gasteiger partial charge in [-0.15, -0.1) is 0 Å². The fourth-order valence-electron chi connectivity index (χ4n) is 2.86. The predicted molar refractivity (Wildman–Crippen MR) is 87.3 cm³/mol. The third kappa shape index (κ3) is 4.17. The smallest absolute Gasteiger partial charge is 0.146 e. The summed E-state index contributed by atoms with van der Waals surface area (Å²) >= 11 is 0. The van der Waals surface area contributed by atoms with Crippen molar-refractivity contribution >= 4 is 5.69 Å². The number of piperazine rings is 1. The van der Waals surface area contributed by atoms with Crippen molar-refractivity contribution in [2.75, 3.05) is 31.1 Å². The Kier molecular flexibility index (Phi) is 5.59. The quantitative estimate of drug-likeness (QED) is 0.906. The zero-order valence-corrected chi connectivity index (χ0v) is 13.5. The molecule has 21 heavy (non-hydrogen) atoms. The molecule has 1 aromatic rings. The van der Waals surface area contributed by atoms with Crippen molar-refractivity contribution in [1.29, 1.82) is 0 Å². The molecule has 0 aliphatic carbocycles. The molecule has 1 aliphatic rings. The number of rotatable bonds is 5. The molecule has 1 aliphatic heterocycles. The van der Waals surface area contributed by atoms with Crippen molar-refractivity contribution in [3.8, 4) is 0 Å². The highest BCUT2D eigenvalue weighted by atomic mass is 19.1. The molecular weight excluding hydrogens is 265 g/mol. The first kappa shape index (κ1) is 16.2. The Morgan fingerprint density at radius 3 is 2.38 bits per heavy atom. The standard InChI is InChI=1S/C17H28FN3/c1-4-15(19)11-14-5-6-17(16(18)12-14)21-9-7-20(8-10-21)13(2)3/h5-6,12-13,15H,4,7-11,19H2,1-3H3. The molecule has 0 saturated carbocycles. The van der Waals surface area contributed by atoms with Crippen molar-refractivity contribution in [2.24, 2.45) is 5.73 Å². The Balaban J connectivity index is 2.01. The third-order valence-electron chi connectivity index (χ3n) is 4.42. The van der Waals surface area contributed by atoms with E-state index in [1.54, 1.807) is 6.07 Å². The molecule has 1 saturated heterocycles. The highest BCUT2D eigenvalue weighted by molar-refractivity contribution is 5.49. The van der Waals surface area contributed by atoms with Crippen LogP contribution in [0.1, 0.15) is 32.8 Å². The zero-order valence-electron chi connectivity index (χ0n) is 13.5. The molecule has 1 aromatic carbocycles. The van der Waals surface area contributed by atoms with Crippen LogP contribution in [-0.2, 0) is 6.42 Å². The van der Waals surface area contributed by atoms with Gasteiger partial charge in [0, 0.05) is 38.3 Å². The number of nitrogens with zero attached hydrogens (tertiary/aromatic N) is 2. The van der Waals surface area contributed by atoms with E-state index in [9.17, 15) is 4.39 Å². The average molecular weight is 293 g/mol. The van der Waals surface area contributed by atoms with Gasteiger partial charge in [0.2, 0.25) is 0 Å². The van der Waals surface area contributed by atoms with Crippen LogP contribution in [0, 0.1) is 5.82 Å². The average Bonchev–Trinajstić information content (AvgIpc) is 2.47. The minimum atomic E-state index is -0.117. The van der Waals surface area contributed by atoms with E-state index < -0.39 is 0 Å². The van der Waals surface area contributed by atoms with Gasteiger partial charge in [0.25, 0.3) is 0 Å². The minimum absolute atomic E-state index is 0.116. The number of anilines is 1. The monoisotopic (exact) mass is 293 g/mol. The van der Waals surface area contributed by atoms with Gasteiger partial charge in [0.05, 0.1) is 5.69 Å². The van der Waals surface area contributed by atoms with Crippen LogP contribution in [0.4, 0.5) is 10.1 Å². The van der Waals surface area contributed by atoms with Crippen molar-refractivity contribution in [3.05, 3.63) is 29.6 Å². The van der Waals surface area contributed by atoms with Gasteiger partial charge in [-0.1, -0.05) is 13.0 Å². The molecule has 2 rings (SSSR count). The van der Waals surface area contributed by atoms with E-state index in [2.05, 4.69) is 30.6 Å². The third-order valence-corrected chi connectivity index (χ3v) is 4.42. The number of halogens is 1. The van der Waals surface area contributed by atoms with Crippen molar-refractivity contribution < 1.29 is 4.39 Å². The predicted octanol–water partition coefficient (Wildman–Crippen LogP) is 2.64. The Bertz CT molecular complexity index is 453. The van der Waals surface area contributed by atoms with Crippen molar-refractivity contribution in [2.45, 2.75) is 45.7 Å². The van der Waals surface area contributed by atoms with Gasteiger partial charge in [0.15, 0.2) is 0 Å². The van der Waals surface area contributed by atoms with E-state index in [1.807, 2.05) is 12.1 Å². The minimum Gasteiger partial charge on any atom is -0.367 e. The van der Waals surface area contributed by atoms with Crippen LogP contribution >= 0.6 is 0 Å². The molecule has 0 aromatic heterocycles. The van der Waals surface area contributed by atoms with Gasteiger partial charge < -0.3 is 10.6 Å². The van der Waals surface area contributed by atoms with E-state index in [0.717, 1.165) is 50.3 Å². The van der Waals surface area contributed by atoms with Crippen molar-refractivity contribution in [1.82, 2.24) is 4.90 Å². The Morgan fingerprint density at radius 1 is 1.19 bits per heavy atom. The molecule has 1 fully saturated rings. The second-order valence-corrected chi connectivity index (χ2v) is 6.27. The lowest BCUT2D eigenvalue weighted by molar-refractivity contribution is 0.209. The number of benzene rings is 1. The lowest BCUT2D eigenvalue weighted by Crippen LogP contribution is -2.49. The van der Waals surface area contributed by atoms with Crippen molar-refractivity contribution in [3.63, 3.8) is 0 Å². The van der Waals surface area contributed by atoms with E-state index in [0.29, 0.717) is 6.04 Å². The second kappa shape index (κ2) is 7.23. The fraction of sp³-hybridized carbons (Fsp3) is 0.647. The molecule has 1 atom stereocenters. The Labute approximate surface area is 127 Å². The summed E-state index contributed by atoms with van der Waals surface area (Å²) in [5.74, 6) is -0.117. The molecule has 1 unspecified atom stereocenters. The van der Waals surface area contributed by atoms with Gasteiger partial charge in [-0.2, -0.15) is 0 Å². The Hall–Kier alpha value is -1.13. The first-order valence-corrected chi connectivity index (χ1v) is 8.04. The number of hydrogen-bond donors (Lipinski definition) is 1. The summed E-state index contributed by atoms with van der Waals surface area (Å²) < 4.78 is 14.3. The molecule has 0 amide bonds. The number of hydrogen-bond acceptors (Lipinski definition) is 3. The van der Waals surface area contributed by atoms with E-state index in [1.165, 1.54) is 0 Å². The number of nitrogens with two attached hydrogens (primary N) is 1. The van der Waals surface area contributed by atoms with Gasteiger partial charge in [0.1, 0.15) is 5.82 Å². The molecular formula is C17H28FN3. The molecule has 0 bridgehead atoms. The molecule has 3 nitrogen and oxygen atoms in total. The second-order valence-electron chi connectivity index (χ2n) is 6.27. The van der Waals surface area contributed by atoms with E-state index in [-0.39, 0.29) is 11.9 Å². The largest absolute Gasteiger partial charge is 0.367 e. The summed E-state index contributed by atoms with van der Waals surface area (Å²) in [5.41, 5.74) is 7.66. The fourth-order valence-corrected chi connectivity index (χ4v) is 2.86.